The Bertz CT molecular complexity index is 779. The van der Waals surface area contributed by atoms with Crippen LogP contribution >= 0.6 is 0 Å². The first-order valence-electron chi connectivity index (χ1n) is 8.43. The number of hydrogen-bond acceptors (Lipinski definition) is 2. The fourth-order valence-electron chi connectivity index (χ4n) is 3.23. The molecule has 1 unspecified atom stereocenters. The number of anilines is 1. The second-order valence-corrected chi connectivity index (χ2v) is 6.67. The minimum absolute atomic E-state index is 0.137. The molecule has 138 valence electrons. The SMILES string of the molecule is CC(C)C1C(=O)N(c2ccc(C(F)(F)F)cc2)C(=O)N1C1=CCCC=C1. The van der Waals surface area contributed by atoms with Crippen molar-refractivity contribution in [1.29, 1.82) is 0 Å². The molecule has 0 aromatic heterocycles. The van der Waals surface area contributed by atoms with Crippen molar-refractivity contribution in [3.05, 3.63) is 53.8 Å². The molecule has 26 heavy (non-hydrogen) atoms. The van der Waals surface area contributed by atoms with Crippen LogP contribution in [0.2, 0.25) is 0 Å². The number of urea groups is 1. The van der Waals surface area contributed by atoms with E-state index < -0.39 is 29.7 Å². The normalized spacial score (nSPS) is 21.0. The molecule has 7 heteroatoms. The molecule has 4 nitrogen and oxygen atoms in total. The Balaban J connectivity index is 1.98. The third kappa shape index (κ3) is 3.13. The zero-order chi connectivity index (χ0) is 19.1. The first-order valence-corrected chi connectivity index (χ1v) is 8.43. The minimum Gasteiger partial charge on any atom is -0.281 e. The maximum Gasteiger partial charge on any atom is 0.416 e. The predicted molar refractivity (Wildman–Crippen MR) is 91.2 cm³/mol. The van der Waals surface area contributed by atoms with E-state index in [1.54, 1.807) is 6.08 Å². The zero-order valence-corrected chi connectivity index (χ0v) is 14.5. The second-order valence-electron chi connectivity index (χ2n) is 6.67. The number of rotatable bonds is 3. The quantitative estimate of drug-likeness (QED) is 0.728. The smallest absolute Gasteiger partial charge is 0.281 e. The number of allylic oxidation sites excluding steroid dienone is 3. The average Bonchev–Trinajstić information content (AvgIpc) is 2.86. The van der Waals surface area contributed by atoms with Gasteiger partial charge in [-0.05, 0) is 49.1 Å². The summed E-state index contributed by atoms with van der Waals surface area (Å²) in [6, 6.07) is 2.85. The molecule has 1 aromatic carbocycles. The maximum absolute atomic E-state index is 12.9. The highest BCUT2D eigenvalue weighted by atomic mass is 19.4. The Morgan fingerprint density at radius 3 is 2.23 bits per heavy atom. The zero-order valence-electron chi connectivity index (χ0n) is 14.5. The molecule has 1 fully saturated rings. The predicted octanol–water partition coefficient (Wildman–Crippen LogP) is 4.73. The summed E-state index contributed by atoms with van der Waals surface area (Å²) in [7, 11) is 0. The highest BCUT2D eigenvalue weighted by Crippen LogP contribution is 2.35. The molecule has 0 saturated carbocycles. The van der Waals surface area contributed by atoms with Crippen molar-refractivity contribution in [1.82, 2.24) is 4.90 Å². The van der Waals surface area contributed by atoms with Gasteiger partial charge in [0.1, 0.15) is 6.04 Å². The van der Waals surface area contributed by atoms with E-state index in [-0.39, 0.29) is 11.6 Å². The number of amides is 3. The monoisotopic (exact) mass is 364 g/mol. The van der Waals surface area contributed by atoms with Crippen molar-refractivity contribution in [2.45, 2.75) is 38.9 Å². The number of carbonyl (C=O) groups is 2. The summed E-state index contributed by atoms with van der Waals surface area (Å²) >= 11 is 0. The van der Waals surface area contributed by atoms with Crippen LogP contribution in [0.3, 0.4) is 0 Å². The topological polar surface area (TPSA) is 40.6 Å². The van der Waals surface area contributed by atoms with E-state index in [4.69, 9.17) is 0 Å². The summed E-state index contributed by atoms with van der Waals surface area (Å²) in [5.74, 6) is -0.563. The van der Waals surface area contributed by atoms with Gasteiger partial charge in [0.2, 0.25) is 0 Å². The maximum atomic E-state index is 12.9. The van der Waals surface area contributed by atoms with Crippen molar-refractivity contribution >= 4 is 17.6 Å². The Morgan fingerprint density at radius 1 is 1.08 bits per heavy atom. The van der Waals surface area contributed by atoms with Crippen LogP contribution in [0.4, 0.5) is 23.7 Å². The van der Waals surface area contributed by atoms with E-state index in [0.29, 0.717) is 5.70 Å². The Hall–Kier alpha value is -2.57. The Morgan fingerprint density at radius 2 is 1.73 bits per heavy atom. The third-order valence-corrected chi connectivity index (χ3v) is 4.49. The van der Waals surface area contributed by atoms with Crippen molar-refractivity contribution < 1.29 is 22.8 Å². The molecule has 0 N–H and O–H groups in total. The summed E-state index contributed by atoms with van der Waals surface area (Å²) < 4.78 is 38.3. The highest BCUT2D eigenvalue weighted by molar-refractivity contribution is 6.22. The van der Waals surface area contributed by atoms with Gasteiger partial charge in [0.05, 0.1) is 11.3 Å². The number of alkyl halides is 3. The average molecular weight is 364 g/mol. The lowest BCUT2D eigenvalue weighted by Gasteiger charge is -2.26. The van der Waals surface area contributed by atoms with Crippen LogP contribution in [0, 0.1) is 5.92 Å². The van der Waals surface area contributed by atoms with E-state index in [1.807, 2.05) is 26.0 Å². The number of nitrogens with zero attached hydrogens (tertiary/aromatic N) is 2. The summed E-state index contributed by atoms with van der Waals surface area (Å²) in [6.07, 6.45) is 2.81. The van der Waals surface area contributed by atoms with Crippen molar-refractivity contribution in [2.24, 2.45) is 5.92 Å². The van der Waals surface area contributed by atoms with Crippen LogP contribution < -0.4 is 4.90 Å². The highest BCUT2D eigenvalue weighted by Gasteiger charge is 2.48. The van der Waals surface area contributed by atoms with Crippen molar-refractivity contribution in [3.63, 3.8) is 0 Å². The number of halogens is 3. The van der Waals surface area contributed by atoms with E-state index in [1.165, 1.54) is 4.90 Å². The summed E-state index contributed by atoms with van der Waals surface area (Å²) in [5.41, 5.74) is -0.0280. The molecule has 1 atom stereocenters. The molecule has 1 aliphatic carbocycles. The van der Waals surface area contributed by atoms with Crippen LogP contribution in [-0.2, 0) is 11.0 Å². The van der Waals surface area contributed by atoms with Crippen LogP contribution in [0.1, 0.15) is 32.3 Å². The van der Waals surface area contributed by atoms with Gasteiger partial charge in [0, 0.05) is 5.70 Å². The van der Waals surface area contributed by atoms with Gasteiger partial charge in [-0.1, -0.05) is 26.0 Å². The molecule has 3 amide bonds. The number of hydrogen-bond donors (Lipinski definition) is 0. The van der Waals surface area contributed by atoms with E-state index >= 15 is 0 Å². The van der Waals surface area contributed by atoms with Gasteiger partial charge in [0.15, 0.2) is 0 Å². The summed E-state index contributed by atoms with van der Waals surface area (Å²) in [6.45, 7) is 3.68. The van der Waals surface area contributed by atoms with Gasteiger partial charge in [0.25, 0.3) is 5.91 Å². The van der Waals surface area contributed by atoms with Crippen LogP contribution in [-0.4, -0.2) is 22.9 Å². The van der Waals surface area contributed by atoms with Crippen LogP contribution in [0.25, 0.3) is 0 Å². The lowest BCUT2D eigenvalue weighted by atomic mass is 10.0. The first kappa shape index (κ1) is 18.2. The molecule has 2 aliphatic rings. The number of carbonyl (C=O) groups excluding carboxylic acids is 2. The van der Waals surface area contributed by atoms with Gasteiger partial charge >= 0.3 is 12.2 Å². The molecule has 0 bridgehead atoms. The van der Waals surface area contributed by atoms with E-state index in [0.717, 1.165) is 42.0 Å². The molecule has 3 rings (SSSR count). The molecule has 1 aliphatic heterocycles. The molecular formula is C19H19F3N2O2. The minimum atomic E-state index is -4.47. The van der Waals surface area contributed by atoms with Crippen LogP contribution in [0.5, 0.6) is 0 Å². The van der Waals surface area contributed by atoms with E-state index in [2.05, 4.69) is 0 Å². The van der Waals surface area contributed by atoms with Gasteiger partial charge in [-0.2, -0.15) is 13.2 Å². The number of benzene rings is 1. The number of imide groups is 1. The fourth-order valence-corrected chi connectivity index (χ4v) is 3.23. The molecule has 1 saturated heterocycles. The molecule has 1 aromatic rings. The lowest BCUT2D eigenvalue weighted by molar-refractivity contribution is -0.137. The lowest BCUT2D eigenvalue weighted by Crippen LogP contribution is -2.38. The summed E-state index contributed by atoms with van der Waals surface area (Å²) in [4.78, 5) is 28.2. The second kappa shape index (κ2) is 6.63. The molecular weight excluding hydrogens is 345 g/mol. The third-order valence-electron chi connectivity index (χ3n) is 4.49. The van der Waals surface area contributed by atoms with Gasteiger partial charge in [-0.3, -0.25) is 9.69 Å². The Labute approximate surface area is 149 Å². The standard InChI is InChI=1S/C19H19F3N2O2/c1-12(2)16-17(25)24(15-10-8-13(9-11-15)19(20,21)22)18(26)23(16)14-6-4-3-5-7-14/h4,6-12,16H,3,5H2,1-2H3. The molecule has 0 radical (unpaired) electrons. The van der Waals surface area contributed by atoms with Gasteiger partial charge in [-0.15, -0.1) is 0 Å². The van der Waals surface area contributed by atoms with Gasteiger partial charge < -0.3 is 0 Å². The largest absolute Gasteiger partial charge is 0.416 e. The summed E-state index contributed by atoms with van der Waals surface area (Å²) in [5, 5.41) is 0. The molecule has 1 heterocycles. The van der Waals surface area contributed by atoms with Crippen LogP contribution in [0.15, 0.2) is 48.2 Å². The molecule has 0 spiro atoms. The first-order chi connectivity index (χ1) is 12.2. The van der Waals surface area contributed by atoms with Crippen molar-refractivity contribution in [3.8, 4) is 0 Å². The van der Waals surface area contributed by atoms with Gasteiger partial charge in [-0.25, -0.2) is 9.69 Å². The van der Waals surface area contributed by atoms with Crippen molar-refractivity contribution in [2.75, 3.05) is 4.90 Å². The fraction of sp³-hybridized carbons (Fsp3) is 0.368. The Kier molecular flexibility index (Phi) is 4.64. The van der Waals surface area contributed by atoms with E-state index in [9.17, 15) is 22.8 Å².